The van der Waals surface area contributed by atoms with E-state index in [-0.39, 0.29) is 6.10 Å². The fourth-order valence-electron chi connectivity index (χ4n) is 3.63. The van der Waals surface area contributed by atoms with Crippen LogP contribution in [-0.4, -0.2) is 52.3 Å². The van der Waals surface area contributed by atoms with Crippen molar-refractivity contribution in [3.63, 3.8) is 0 Å². The monoisotopic (exact) mass is 340 g/mol. The van der Waals surface area contributed by atoms with Crippen LogP contribution in [0.2, 0.25) is 0 Å². The summed E-state index contributed by atoms with van der Waals surface area (Å²) < 4.78 is 0. The predicted octanol–water partition coefficient (Wildman–Crippen LogP) is 2.34. The second-order valence-corrected chi connectivity index (χ2v) is 6.83. The van der Waals surface area contributed by atoms with Crippen LogP contribution in [0.25, 0.3) is 0 Å². The smallest absolute Gasteiger partial charge is 0.135 e. The molecule has 1 N–H and O–H groups in total. The van der Waals surface area contributed by atoms with E-state index in [9.17, 15) is 5.11 Å². The Kier molecular flexibility index (Phi) is 5.66. The number of aliphatic hydroxyl groups is 1. The van der Waals surface area contributed by atoms with E-state index in [0.717, 1.165) is 43.4 Å². The van der Waals surface area contributed by atoms with Gasteiger partial charge in [-0.05, 0) is 25.8 Å². The van der Waals surface area contributed by atoms with Crippen LogP contribution in [0.3, 0.4) is 0 Å². The van der Waals surface area contributed by atoms with Crippen molar-refractivity contribution < 1.29 is 5.11 Å². The molecular weight excluding hydrogens is 312 g/mol. The van der Waals surface area contributed by atoms with Crippen molar-refractivity contribution in [3.05, 3.63) is 53.0 Å². The van der Waals surface area contributed by atoms with Gasteiger partial charge >= 0.3 is 0 Å². The molecule has 2 aromatic rings. The molecule has 1 aromatic carbocycles. The highest BCUT2D eigenvalue weighted by Crippen LogP contribution is 2.23. The Labute approximate surface area is 150 Å². The van der Waals surface area contributed by atoms with Crippen molar-refractivity contribution in [1.82, 2.24) is 14.9 Å². The molecular formula is C20H28N4O. The van der Waals surface area contributed by atoms with Crippen LogP contribution in [0.5, 0.6) is 0 Å². The maximum Gasteiger partial charge on any atom is 0.135 e. The lowest BCUT2D eigenvalue weighted by Crippen LogP contribution is -2.34. The fourth-order valence-corrected chi connectivity index (χ4v) is 3.63. The Morgan fingerprint density at radius 1 is 1.08 bits per heavy atom. The Hall–Kier alpha value is -1.98. The molecule has 5 heteroatoms. The lowest BCUT2D eigenvalue weighted by Gasteiger charge is -2.26. The highest BCUT2D eigenvalue weighted by atomic mass is 16.3. The number of nitrogens with zero attached hydrogens (tertiary/aromatic N) is 4. The molecule has 0 radical (unpaired) electrons. The van der Waals surface area contributed by atoms with Gasteiger partial charge in [0.2, 0.25) is 0 Å². The Morgan fingerprint density at radius 2 is 1.84 bits per heavy atom. The predicted molar refractivity (Wildman–Crippen MR) is 101 cm³/mol. The van der Waals surface area contributed by atoms with E-state index < -0.39 is 0 Å². The van der Waals surface area contributed by atoms with Gasteiger partial charge in [0.25, 0.3) is 0 Å². The van der Waals surface area contributed by atoms with Crippen molar-refractivity contribution in [2.45, 2.75) is 39.8 Å². The van der Waals surface area contributed by atoms with Gasteiger partial charge in [0, 0.05) is 44.0 Å². The summed E-state index contributed by atoms with van der Waals surface area (Å²) in [5, 5.41) is 10.5. The first kappa shape index (κ1) is 17.8. The first-order valence-electron chi connectivity index (χ1n) is 9.10. The average Bonchev–Trinajstić information content (AvgIpc) is 2.76. The average molecular weight is 340 g/mol. The SMILES string of the molecule is CCc1c(C)nc(C)nc1N1CCN(Cc2ccccc2)C[C@H](O)C1. The molecule has 1 aromatic heterocycles. The summed E-state index contributed by atoms with van der Waals surface area (Å²) in [7, 11) is 0. The van der Waals surface area contributed by atoms with Gasteiger partial charge in [0.15, 0.2) is 0 Å². The second-order valence-electron chi connectivity index (χ2n) is 6.83. The molecule has 1 atom stereocenters. The number of hydrogen-bond acceptors (Lipinski definition) is 5. The minimum absolute atomic E-state index is 0.383. The third kappa shape index (κ3) is 4.35. The van der Waals surface area contributed by atoms with Crippen molar-refractivity contribution >= 4 is 5.82 Å². The molecule has 2 heterocycles. The highest BCUT2D eigenvalue weighted by molar-refractivity contribution is 5.49. The molecule has 0 unspecified atom stereocenters. The summed E-state index contributed by atoms with van der Waals surface area (Å²) in [6.45, 7) is 10.1. The Balaban J connectivity index is 1.77. The number of aromatic nitrogens is 2. The summed E-state index contributed by atoms with van der Waals surface area (Å²) in [6, 6.07) is 10.4. The molecule has 1 aliphatic rings. The molecule has 1 aliphatic heterocycles. The Bertz CT molecular complexity index is 704. The summed E-state index contributed by atoms with van der Waals surface area (Å²) >= 11 is 0. The molecule has 0 saturated carbocycles. The third-order valence-corrected chi connectivity index (χ3v) is 4.79. The number of aryl methyl sites for hydroxylation is 2. The molecule has 0 aliphatic carbocycles. The van der Waals surface area contributed by atoms with Crippen LogP contribution in [0.1, 0.15) is 29.6 Å². The first-order valence-corrected chi connectivity index (χ1v) is 9.10. The number of rotatable bonds is 4. The van der Waals surface area contributed by atoms with Gasteiger partial charge in [-0.15, -0.1) is 0 Å². The number of benzene rings is 1. The van der Waals surface area contributed by atoms with E-state index >= 15 is 0 Å². The van der Waals surface area contributed by atoms with E-state index in [2.05, 4.69) is 46.0 Å². The highest BCUT2D eigenvalue weighted by Gasteiger charge is 2.24. The molecule has 0 spiro atoms. The molecule has 25 heavy (non-hydrogen) atoms. The van der Waals surface area contributed by atoms with Crippen molar-refractivity contribution in [1.29, 1.82) is 0 Å². The van der Waals surface area contributed by atoms with Gasteiger partial charge in [-0.25, -0.2) is 9.97 Å². The second kappa shape index (κ2) is 7.93. The maximum atomic E-state index is 10.5. The van der Waals surface area contributed by atoms with Gasteiger partial charge in [-0.2, -0.15) is 0 Å². The van der Waals surface area contributed by atoms with Gasteiger partial charge in [0.1, 0.15) is 11.6 Å². The molecule has 0 bridgehead atoms. The lowest BCUT2D eigenvalue weighted by atomic mass is 10.1. The summed E-state index contributed by atoms with van der Waals surface area (Å²) in [4.78, 5) is 13.8. The van der Waals surface area contributed by atoms with Crippen LogP contribution >= 0.6 is 0 Å². The number of aliphatic hydroxyl groups excluding tert-OH is 1. The normalized spacial score (nSPS) is 19.0. The summed E-state index contributed by atoms with van der Waals surface area (Å²) in [6.07, 6.45) is 0.522. The molecule has 5 nitrogen and oxygen atoms in total. The zero-order valence-corrected chi connectivity index (χ0v) is 15.4. The lowest BCUT2D eigenvalue weighted by molar-refractivity contribution is 0.129. The molecule has 1 fully saturated rings. The first-order chi connectivity index (χ1) is 12.1. The van der Waals surface area contributed by atoms with Crippen LogP contribution in [0.4, 0.5) is 5.82 Å². The van der Waals surface area contributed by atoms with Crippen LogP contribution in [0, 0.1) is 13.8 Å². The number of hydrogen-bond donors (Lipinski definition) is 1. The van der Waals surface area contributed by atoms with Crippen LogP contribution in [0.15, 0.2) is 30.3 Å². The van der Waals surface area contributed by atoms with Crippen LogP contribution in [-0.2, 0) is 13.0 Å². The van der Waals surface area contributed by atoms with Crippen molar-refractivity contribution in [2.75, 3.05) is 31.1 Å². The topological polar surface area (TPSA) is 52.5 Å². The minimum Gasteiger partial charge on any atom is -0.390 e. The minimum atomic E-state index is -0.383. The van der Waals surface area contributed by atoms with Crippen LogP contribution < -0.4 is 4.90 Å². The van der Waals surface area contributed by atoms with E-state index in [0.29, 0.717) is 13.1 Å². The van der Waals surface area contributed by atoms with E-state index in [1.165, 1.54) is 11.1 Å². The zero-order chi connectivity index (χ0) is 17.8. The maximum absolute atomic E-state index is 10.5. The van der Waals surface area contributed by atoms with Crippen molar-refractivity contribution in [2.24, 2.45) is 0 Å². The fraction of sp³-hybridized carbons (Fsp3) is 0.500. The van der Waals surface area contributed by atoms with Gasteiger partial charge in [-0.1, -0.05) is 37.3 Å². The zero-order valence-electron chi connectivity index (χ0n) is 15.4. The van der Waals surface area contributed by atoms with Gasteiger partial charge in [-0.3, -0.25) is 4.90 Å². The van der Waals surface area contributed by atoms with E-state index in [1.807, 2.05) is 19.9 Å². The van der Waals surface area contributed by atoms with E-state index in [1.54, 1.807) is 0 Å². The molecule has 1 saturated heterocycles. The molecule has 0 amide bonds. The molecule has 3 rings (SSSR count). The number of β-amino-alcohol motifs (C(OH)–C–C–N with tert-alkyl or cyclic N) is 1. The van der Waals surface area contributed by atoms with E-state index in [4.69, 9.17) is 4.98 Å². The largest absolute Gasteiger partial charge is 0.390 e. The molecule has 134 valence electrons. The summed E-state index contributed by atoms with van der Waals surface area (Å²) in [5.74, 6) is 1.79. The van der Waals surface area contributed by atoms with Gasteiger partial charge in [0.05, 0.1) is 6.10 Å². The third-order valence-electron chi connectivity index (χ3n) is 4.79. The quantitative estimate of drug-likeness (QED) is 0.926. The van der Waals surface area contributed by atoms with Crippen molar-refractivity contribution in [3.8, 4) is 0 Å². The standard InChI is InChI=1S/C20H28N4O/c1-4-19-15(2)21-16(3)22-20(19)24-11-10-23(13-18(25)14-24)12-17-8-6-5-7-9-17/h5-9,18,25H,4,10-14H2,1-3H3/t18-/m0/s1. The Morgan fingerprint density at radius 3 is 2.56 bits per heavy atom. The van der Waals surface area contributed by atoms with Gasteiger partial charge < -0.3 is 10.0 Å². The number of anilines is 1. The summed E-state index contributed by atoms with van der Waals surface area (Å²) in [5.41, 5.74) is 3.52.